The van der Waals surface area contributed by atoms with E-state index in [0.29, 0.717) is 17.9 Å². The highest BCUT2D eigenvalue weighted by atomic mass is 16.5. The van der Waals surface area contributed by atoms with Crippen molar-refractivity contribution in [1.82, 2.24) is 5.32 Å². The maximum absolute atomic E-state index is 12.0. The first-order chi connectivity index (χ1) is 11.1. The van der Waals surface area contributed by atoms with Gasteiger partial charge in [0, 0.05) is 30.9 Å². The number of amides is 1. The Kier molecular flexibility index (Phi) is 5.65. The van der Waals surface area contributed by atoms with Crippen LogP contribution in [0.3, 0.4) is 0 Å². The SMILES string of the molecule is COc1cccc(C(=O)NCC#Cc2ccc(N(C)C)cc2)c1. The average Bonchev–Trinajstić information content (AvgIpc) is 2.59. The highest BCUT2D eigenvalue weighted by Gasteiger charge is 2.04. The predicted octanol–water partition coefficient (Wildman–Crippen LogP) is 2.54. The molecule has 4 nitrogen and oxygen atoms in total. The number of anilines is 1. The third kappa shape index (κ3) is 4.79. The first-order valence-electron chi connectivity index (χ1n) is 7.28. The third-order valence-electron chi connectivity index (χ3n) is 3.29. The van der Waals surface area contributed by atoms with E-state index in [1.165, 1.54) is 0 Å². The van der Waals surface area contributed by atoms with Crippen LogP contribution >= 0.6 is 0 Å². The summed E-state index contributed by atoms with van der Waals surface area (Å²) in [5.41, 5.74) is 2.61. The molecule has 23 heavy (non-hydrogen) atoms. The first kappa shape index (κ1) is 16.4. The molecule has 0 spiro atoms. The fourth-order valence-electron chi connectivity index (χ4n) is 1.98. The highest BCUT2D eigenvalue weighted by Crippen LogP contribution is 2.12. The summed E-state index contributed by atoms with van der Waals surface area (Å²) in [7, 11) is 5.56. The predicted molar refractivity (Wildman–Crippen MR) is 93.0 cm³/mol. The van der Waals surface area contributed by atoms with Crippen LogP contribution in [-0.2, 0) is 0 Å². The minimum Gasteiger partial charge on any atom is -0.497 e. The number of carbonyl (C=O) groups excluding carboxylic acids is 1. The average molecular weight is 308 g/mol. The van der Waals surface area contributed by atoms with Gasteiger partial charge in [0.2, 0.25) is 0 Å². The number of nitrogens with zero attached hydrogens (tertiary/aromatic N) is 1. The number of methoxy groups -OCH3 is 1. The second kappa shape index (κ2) is 7.90. The number of nitrogens with one attached hydrogen (secondary N) is 1. The van der Waals surface area contributed by atoms with Crippen LogP contribution in [0.2, 0.25) is 0 Å². The molecule has 0 aromatic heterocycles. The maximum atomic E-state index is 12.0. The zero-order valence-corrected chi connectivity index (χ0v) is 13.6. The number of benzene rings is 2. The molecule has 0 atom stereocenters. The summed E-state index contributed by atoms with van der Waals surface area (Å²) < 4.78 is 5.10. The standard InChI is InChI=1S/C19H20N2O2/c1-21(2)17-11-9-15(10-12-17)6-5-13-20-19(22)16-7-4-8-18(14-16)23-3/h4,7-12,14H,13H2,1-3H3,(H,20,22). The fourth-order valence-corrected chi connectivity index (χ4v) is 1.98. The zero-order valence-electron chi connectivity index (χ0n) is 13.6. The largest absolute Gasteiger partial charge is 0.497 e. The Hall–Kier alpha value is -2.93. The normalized spacial score (nSPS) is 9.52. The van der Waals surface area contributed by atoms with Crippen molar-refractivity contribution in [2.75, 3.05) is 32.6 Å². The van der Waals surface area contributed by atoms with Gasteiger partial charge in [0.15, 0.2) is 0 Å². The van der Waals surface area contributed by atoms with E-state index in [4.69, 9.17) is 4.74 Å². The Morgan fingerprint density at radius 3 is 2.57 bits per heavy atom. The van der Waals surface area contributed by atoms with Gasteiger partial charge in [-0.15, -0.1) is 0 Å². The lowest BCUT2D eigenvalue weighted by atomic mass is 10.2. The topological polar surface area (TPSA) is 41.6 Å². The monoisotopic (exact) mass is 308 g/mol. The Morgan fingerprint density at radius 1 is 1.17 bits per heavy atom. The summed E-state index contributed by atoms with van der Waals surface area (Å²) in [6.07, 6.45) is 0. The van der Waals surface area contributed by atoms with E-state index in [2.05, 4.69) is 17.2 Å². The van der Waals surface area contributed by atoms with Crippen molar-refractivity contribution in [2.45, 2.75) is 0 Å². The molecule has 1 amide bonds. The number of hydrogen-bond acceptors (Lipinski definition) is 3. The van der Waals surface area contributed by atoms with Gasteiger partial charge in [0.05, 0.1) is 13.7 Å². The van der Waals surface area contributed by atoms with Crippen molar-refractivity contribution in [1.29, 1.82) is 0 Å². The van der Waals surface area contributed by atoms with Crippen molar-refractivity contribution in [3.8, 4) is 17.6 Å². The van der Waals surface area contributed by atoms with Crippen molar-refractivity contribution < 1.29 is 9.53 Å². The second-order valence-electron chi connectivity index (χ2n) is 5.16. The Labute approximate surface area is 137 Å². The lowest BCUT2D eigenvalue weighted by Gasteiger charge is -2.11. The molecule has 0 unspecified atom stereocenters. The van der Waals surface area contributed by atoms with E-state index in [1.807, 2.05) is 43.3 Å². The molecule has 0 saturated heterocycles. The van der Waals surface area contributed by atoms with Crippen LogP contribution in [-0.4, -0.2) is 33.7 Å². The summed E-state index contributed by atoms with van der Waals surface area (Å²) in [6, 6.07) is 15.0. The van der Waals surface area contributed by atoms with Crippen LogP contribution < -0.4 is 15.0 Å². The molecule has 0 aliphatic heterocycles. The summed E-state index contributed by atoms with van der Waals surface area (Å²) in [6.45, 7) is 0.297. The molecule has 0 fully saturated rings. The third-order valence-corrected chi connectivity index (χ3v) is 3.29. The van der Waals surface area contributed by atoms with E-state index < -0.39 is 0 Å². The van der Waals surface area contributed by atoms with Gasteiger partial charge < -0.3 is 15.0 Å². The van der Waals surface area contributed by atoms with E-state index in [1.54, 1.807) is 31.4 Å². The lowest BCUT2D eigenvalue weighted by molar-refractivity contribution is 0.0958. The number of carbonyl (C=O) groups is 1. The second-order valence-corrected chi connectivity index (χ2v) is 5.16. The van der Waals surface area contributed by atoms with Crippen molar-refractivity contribution in [2.24, 2.45) is 0 Å². The fraction of sp³-hybridized carbons (Fsp3) is 0.211. The Balaban J connectivity index is 1.90. The van der Waals surface area contributed by atoms with Gasteiger partial charge in [-0.1, -0.05) is 17.9 Å². The van der Waals surface area contributed by atoms with E-state index in [9.17, 15) is 4.79 Å². The van der Waals surface area contributed by atoms with Crippen LogP contribution in [0.25, 0.3) is 0 Å². The molecule has 2 aromatic carbocycles. The quantitative estimate of drug-likeness (QED) is 0.883. The van der Waals surface area contributed by atoms with Gasteiger partial charge in [-0.3, -0.25) is 4.79 Å². The Bertz CT molecular complexity index is 725. The molecule has 2 aromatic rings. The van der Waals surface area contributed by atoms with Crippen LogP contribution in [0.15, 0.2) is 48.5 Å². The van der Waals surface area contributed by atoms with Gasteiger partial charge in [-0.25, -0.2) is 0 Å². The smallest absolute Gasteiger partial charge is 0.252 e. The molecule has 0 heterocycles. The van der Waals surface area contributed by atoms with Crippen LogP contribution in [0.4, 0.5) is 5.69 Å². The molecule has 0 aliphatic rings. The molecular formula is C19H20N2O2. The summed E-state index contributed by atoms with van der Waals surface area (Å²) >= 11 is 0. The van der Waals surface area contributed by atoms with Gasteiger partial charge in [0.1, 0.15) is 5.75 Å². The van der Waals surface area contributed by atoms with E-state index in [-0.39, 0.29) is 5.91 Å². The lowest BCUT2D eigenvalue weighted by Crippen LogP contribution is -2.23. The van der Waals surface area contributed by atoms with E-state index >= 15 is 0 Å². The molecule has 0 radical (unpaired) electrons. The van der Waals surface area contributed by atoms with Crippen LogP contribution in [0.1, 0.15) is 15.9 Å². The van der Waals surface area contributed by atoms with Gasteiger partial charge in [0.25, 0.3) is 5.91 Å². The van der Waals surface area contributed by atoms with Crippen LogP contribution in [0, 0.1) is 11.8 Å². The van der Waals surface area contributed by atoms with Gasteiger partial charge in [-0.2, -0.15) is 0 Å². The molecule has 118 valence electrons. The number of hydrogen-bond donors (Lipinski definition) is 1. The molecule has 2 rings (SSSR count). The molecular weight excluding hydrogens is 288 g/mol. The Morgan fingerprint density at radius 2 is 1.91 bits per heavy atom. The minimum absolute atomic E-state index is 0.166. The zero-order chi connectivity index (χ0) is 16.7. The first-order valence-corrected chi connectivity index (χ1v) is 7.28. The number of ether oxygens (including phenoxy) is 1. The molecule has 0 saturated carbocycles. The summed E-state index contributed by atoms with van der Waals surface area (Å²) in [5.74, 6) is 6.48. The van der Waals surface area contributed by atoms with Crippen molar-refractivity contribution in [3.05, 3.63) is 59.7 Å². The molecule has 1 N–H and O–H groups in total. The van der Waals surface area contributed by atoms with Gasteiger partial charge >= 0.3 is 0 Å². The van der Waals surface area contributed by atoms with E-state index in [0.717, 1.165) is 11.3 Å². The summed E-state index contributed by atoms with van der Waals surface area (Å²) in [5, 5.41) is 2.77. The van der Waals surface area contributed by atoms with Crippen molar-refractivity contribution in [3.63, 3.8) is 0 Å². The minimum atomic E-state index is -0.166. The molecule has 0 aliphatic carbocycles. The summed E-state index contributed by atoms with van der Waals surface area (Å²) in [4.78, 5) is 14.0. The molecule has 4 heteroatoms. The van der Waals surface area contributed by atoms with Crippen LogP contribution in [0.5, 0.6) is 5.75 Å². The highest BCUT2D eigenvalue weighted by molar-refractivity contribution is 5.94. The maximum Gasteiger partial charge on any atom is 0.252 e. The molecule has 0 bridgehead atoms. The van der Waals surface area contributed by atoms with Crippen molar-refractivity contribution >= 4 is 11.6 Å². The van der Waals surface area contributed by atoms with Gasteiger partial charge in [-0.05, 0) is 42.5 Å². The number of rotatable bonds is 4.